The Morgan fingerprint density at radius 2 is 2.11 bits per heavy atom. The molecular weight excluding hydrogens is 128 g/mol. The second-order valence-electron chi connectivity index (χ2n) is 2.62. The molecule has 0 aliphatic carbocycles. The molecule has 0 unspecified atom stereocenters. The molecular formula is C7H12OSi. The van der Waals surface area contributed by atoms with E-state index < -0.39 is 8.07 Å². The lowest BCUT2D eigenvalue weighted by molar-refractivity contribution is -0.103. The molecule has 0 radical (unpaired) electrons. The lowest BCUT2D eigenvalue weighted by Crippen LogP contribution is -2.21. The SMILES string of the molecule is CC[Si](C)(C)C#CC=O. The molecule has 0 saturated carbocycles. The van der Waals surface area contributed by atoms with Crippen LogP contribution in [-0.4, -0.2) is 14.4 Å². The zero-order chi connectivity index (χ0) is 7.33. The summed E-state index contributed by atoms with van der Waals surface area (Å²) >= 11 is 0. The predicted molar refractivity (Wildman–Crippen MR) is 41.8 cm³/mol. The quantitative estimate of drug-likeness (QED) is 0.306. The van der Waals surface area contributed by atoms with Crippen molar-refractivity contribution in [3.63, 3.8) is 0 Å². The fraction of sp³-hybridized carbons (Fsp3) is 0.571. The van der Waals surface area contributed by atoms with Gasteiger partial charge in [0.1, 0.15) is 8.07 Å². The van der Waals surface area contributed by atoms with Crippen LogP contribution in [0, 0.1) is 11.5 Å². The fourth-order valence-corrected chi connectivity index (χ4v) is 0.940. The van der Waals surface area contributed by atoms with Crippen LogP contribution in [0.2, 0.25) is 19.1 Å². The van der Waals surface area contributed by atoms with Crippen LogP contribution in [0.25, 0.3) is 0 Å². The molecule has 0 heterocycles. The fourth-order valence-electron chi connectivity index (χ4n) is 0.313. The van der Waals surface area contributed by atoms with Gasteiger partial charge in [0, 0.05) is 0 Å². The lowest BCUT2D eigenvalue weighted by atomic mass is 10.8. The van der Waals surface area contributed by atoms with Crippen molar-refractivity contribution < 1.29 is 4.79 Å². The largest absolute Gasteiger partial charge is 0.289 e. The van der Waals surface area contributed by atoms with Gasteiger partial charge in [0.15, 0.2) is 6.29 Å². The van der Waals surface area contributed by atoms with E-state index in [4.69, 9.17) is 0 Å². The summed E-state index contributed by atoms with van der Waals surface area (Å²) in [5, 5.41) is 0. The first kappa shape index (κ1) is 8.45. The molecule has 0 bridgehead atoms. The summed E-state index contributed by atoms with van der Waals surface area (Å²) in [6, 6.07) is 1.12. The van der Waals surface area contributed by atoms with E-state index in [2.05, 4.69) is 31.5 Å². The smallest absolute Gasteiger partial charge is 0.192 e. The molecule has 0 aromatic rings. The van der Waals surface area contributed by atoms with Crippen LogP contribution in [-0.2, 0) is 4.79 Å². The highest BCUT2D eigenvalue weighted by Crippen LogP contribution is 2.04. The van der Waals surface area contributed by atoms with Crippen molar-refractivity contribution in [3.8, 4) is 11.5 Å². The Morgan fingerprint density at radius 3 is 2.44 bits per heavy atom. The Morgan fingerprint density at radius 1 is 1.56 bits per heavy atom. The number of rotatable bonds is 1. The molecule has 1 nitrogen and oxygen atoms in total. The third kappa shape index (κ3) is 3.98. The Bertz CT molecular complexity index is 150. The molecule has 0 spiro atoms. The number of carbonyl (C=O) groups is 1. The summed E-state index contributed by atoms with van der Waals surface area (Å²) in [4.78, 5) is 9.82. The molecule has 0 aliphatic heterocycles. The van der Waals surface area contributed by atoms with Gasteiger partial charge in [0.2, 0.25) is 0 Å². The van der Waals surface area contributed by atoms with E-state index in [1.165, 1.54) is 0 Å². The Labute approximate surface area is 57.5 Å². The van der Waals surface area contributed by atoms with Crippen LogP contribution in [0.4, 0.5) is 0 Å². The summed E-state index contributed by atoms with van der Waals surface area (Å²) in [6.45, 7) is 6.43. The van der Waals surface area contributed by atoms with E-state index >= 15 is 0 Å². The van der Waals surface area contributed by atoms with Gasteiger partial charge < -0.3 is 0 Å². The van der Waals surface area contributed by atoms with Crippen LogP contribution in [0.15, 0.2) is 0 Å². The standard InChI is InChI=1S/C7H12OSi/c1-4-9(2,3)7-5-6-8/h6H,4H2,1-3H3. The van der Waals surface area contributed by atoms with Gasteiger partial charge in [0.05, 0.1) is 0 Å². The van der Waals surface area contributed by atoms with E-state index in [1.807, 2.05) is 0 Å². The Kier molecular flexibility index (Phi) is 3.26. The second kappa shape index (κ2) is 3.47. The van der Waals surface area contributed by atoms with Crippen LogP contribution in [0.1, 0.15) is 6.92 Å². The number of carbonyl (C=O) groups excluding carboxylic acids is 1. The molecule has 0 aliphatic rings. The van der Waals surface area contributed by atoms with E-state index in [1.54, 1.807) is 0 Å². The minimum Gasteiger partial charge on any atom is -0.289 e. The highest BCUT2D eigenvalue weighted by molar-refractivity contribution is 6.85. The first-order chi connectivity index (χ1) is 4.12. The molecule has 0 fully saturated rings. The molecule has 2 heteroatoms. The van der Waals surface area contributed by atoms with Crippen LogP contribution < -0.4 is 0 Å². The first-order valence-corrected chi connectivity index (χ1v) is 6.29. The van der Waals surface area contributed by atoms with Crippen molar-refractivity contribution in [2.45, 2.75) is 26.1 Å². The summed E-state index contributed by atoms with van der Waals surface area (Å²) < 4.78 is 0. The van der Waals surface area contributed by atoms with Gasteiger partial charge in [-0.1, -0.05) is 20.0 Å². The van der Waals surface area contributed by atoms with Gasteiger partial charge in [-0.15, -0.1) is 5.54 Å². The average Bonchev–Trinajstić information content (AvgIpc) is 1.84. The molecule has 9 heavy (non-hydrogen) atoms. The van der Waals surface area contributed by atoms with Gasteiger partial charge in [0.25, 0.3) is 0 Å². The average molecular weight is 140 g/mol. The van der Waals surface area contributed by atoms with E-state index in [0.717, 1.165) is 6.04 Å². The van der Waals surface area contributed by atoms with Gasteiger partial charge in [-0.3, -0.25) is 4.79 Å². The third-order valence-electron chi connectivity index (χ3n) is 1.35. The monoisotopic (exact) mass is 140 g/mol. The second-order valence-corrected chi connectivity index (χ2v) is 7.35. The van der Waals surface area contributed by atoms with Gasteiger partial charge in [-0.05, 0) is 12.0 Å². The molecule has 0 N–H and O–H groups in total. The third-order valence-corrected chi connectivity index (χ3v) is 3.94. The summed E-state index contributed by atoms with van der Waals surface area (Å²) in [6.07, 6.45) is 0.671. The van der Waals surface area contributed by atoms with Crippen molar-refractivity contribution in [1.29, 1.82) is 0 Å². The Hall–Kier alpha value is -0.553. The van der Waals surface area contributed by atoms with Crippen LogP contribution in [0.3, 0.4) is 0 Å². The van der Waals surface area contributed by atoms with Gasteiger partial charge in [-0.25, -0.2) is 0 Å². The highest BCUT2D eigenvalue weighted by Gasteiger charge is 2.13. The van der Waals surface area contributed by atoms with E-state index in [0.29, 0.717) is 6.29 Å². The predicted octanol–water partition coefficient (Wildman–Crippen LogP) is 1.46. The van der Waals surface area contributed by atoms with Crippen LogP contribution in [0.5, 0.6) is 0 Å². The number of hydrogen-bond acceptors (Lipinski definition) is 1. The first-order valence-electron chi connectivity index (χ1n) is 3.09. The molecule has 50 valence electrons. The van der Waals surface area contributed by atoms with Crippen molar-refractivity contribution in [2.24, 2.45) is 0 Å². The maximum Gasteiger partial charge on any atom is 0.192 e. The molecule has 0 amide bonds. The van der Waals surface area contributed by atoms with Crippen LogP contribution >= 0.6 is 0 Å². The highest BCUT2D eigenvalue weighted by atomic mass is 28.3. The van der Waals surface area contributed by atoms with Crippen molar-refractivity contribution in [1.82, 2.24) is 0 Å². The molecule has 0 aromatic heterocycles. The summed E-state index contributed by atoms with van der Waals surface area (Å²) in [7, 11) is -1.29. The molecule has 0 aromatic carbocycles. The van der Waals surface area contributed by atoms with Gasteiger partial charge >= 0.3 is 0 Å². The molecule has 0 saturated heterocycles. The zero-order valence-electron chi connectivity index (χ0n) is 6.19. The van der Waals surface area contributed by atoms with E-state index in [9.17, 15) is 4.79 Å². The molecule has 0 atom stereocenters. The van der Waals surface area contributed by atoms with Crippen molar-refractivity contribution in [2.75, 3.05) is 0 Å². The number of hydrogen-bond donors (Lipinski definition) is 0. The maximum absolute atomic E-state index is 9.82. The van der Waals surface area contributed by atoms with Crippen molar-refractivity contribution in [3.05, 3.63) is 0 Å². The number of aldehydes is 1. The normalized spacial score (nSPS) is 9.67. The summed E-state index contributed by atoms with van der Waals surface area (Å²) in [5.41, 5.74) is 2.98. The lowest BCUT2D eigenvalue weighted by Gasteiger charge is -2.08. The maximum atomic E-state index is 9.82. The topological polar surface area (TPSA) is 17.1 Å². The van der Waals surface area contributed by atoms with Gasteiger partial charge in [-0.2, -0.15) is 0 Å². The van der Waals surface area contributed by atoms with Crippen molar-refractivity contribution >= 4 is 14.4 Å². The minimum absolute atomic E-state index is 0.671. The molecule has 0 rings (SSSR count). The summed E-state index contributed by atoms with van der Waals surface area (Å²) in [5.74, 6) is 2.47. The zero-order valence-corrected chi connectivity index (χ0v) is 7.19. The Balaban J connectivity index is 3.99. The minimum atomic E-state index is -1.29. The van der Waals surface area contributed by atoms with E-state index in [-0.39, 0.29) is 0 Å².